The highest BCUT2D eigenvalue weighted by Gasteiger charge is 2.12. The monoisotopic (exact) mass is 271 g/mol. The van der Waals surface area contributed by atoms with Gasteiger partial charge in [0.15, 0.2) is 0 Å². The Morgan fingerprint density at radius 2 is 2.10 bits per heavy atom. The van der Waals surface area contributed by atoms with Crippen LogP contribution >= 0.6 is 0 Å². The zero-order chi connectivity index (χ0) is 14.1. The van der Waals surface area contributed by atoms with Crippen LogP contribution in [0.3, 0.4) is 0 Å². The number of aromatic amines is 1. The third-order valence-electron chi connectivity index (χ3n) is 3.10. The van der Waals surface area contributed by atoms with E-state index in [-0.39, 0.29) is 11.5 Å². The van der Waals surface area contributed by atoms with Gasteiger partial charge in [0.25, 0.3) is 5.69 Å². The first-order chi connectivity index (χ1) is 9.63. The highest BCUT2D eigenvalue weighted by molar-refractivity contribution is 5.83. The number of nitrogens with one attached hydrogen (secondary N) is 1. The molecule has 1 heterocycles. The number of non-ortho nitro benzene ring substituents is 1. The number of hydrogen-bond donors (Lipinski definition) is 1. The second-order valence-electron chi connectivity index (χ2n) is 4.46. The topological polar surface area (TPSA) is 71.8 Å². The third kappa shape index (κ3) is 2.23. The van der Waals surface area contributed by atoms with Gasteiger partial charge in [0, 0.05) is 23.9 Å². The van der Waals surface area contributed by atoms with Gasteiger partial charge in [-0.2, -0.15) is 5.10 Å². The van der Waals surface area contributed by atoms with E-state index in [4.69, 9.17) is 0 Å². The van der Waals surface area contributed by atoms with Gasteiger partial charge in [-0.15, -0.1) is 0 Å². The molecule has 100 valence electrons. The maximum atomic E-state index is 13.2. The number of H-pyrrole nitrogens is 1. The molecule has 20 heavy (non-hydrogen) atoms. The smallest absolute Gasteiger partial charge is 0.270 e. The molecule has 1 N–H and O–H groups in total. The van der Waals surface area contributed by atoms with Gasteiger partial charge in [-0.05, 0) is 23.8 Å². The number of nitro groups is 1. The fraction of sp³-hybridized carbons (Fsp3) is 0.0714. The summed E-state index contributed by atoms with van der Waals surface area (Å²) in [5.74, 6) is -0.312. The number of fused-ring (bicyclic) bond motifs is 1. The Kier molecular flexibility index (Phi) is 2.90. The molecule has 0 saturated carbocycles. The van der Waals surface area contributed by atoms with Gasteiger partial charge < -0.3 is 0 Å². The lowest BCUT2D eigenvalue weighted by atomic mass is 10.1. The van der Waals surface area contributed by atoms with Crippen LogP contribution in [0, 0.1) is 15.9 Å². The molecule has 1 aromatic heterocycles. The van der Waals surface area contributed by atoms with E-state index in [1.54, 1.807) is 18.2 Å². The summed E-state index contributed by atoms with van der Waals surface area (Å²) in [6.45, 7) is 0. The molecule has 0 unspecified atom stereocenters. The van der Waals surface area contributed by atoms with E-state index < -0.39 is 4.92 Å². The summed E-state index contributed by atoms with van der Waals surface area (Å²) in [4.78, 5) is 10.4. The number of benzene rings is 2. The van der Waals surface area contributed by atoms with Crippen LogP contribution in [0.15, 0.2) is 42.5 Å². The van der Waals surface area contributed by atoms with Crippen LogP contribution in [-0.2, 0) is 6.42 Å². The number of nitrogens with zero attached hydrogens (tertiary/aromatic N) is 2. The average Bonchev–Trinajstić information content (AvgIpc) is 2.81. The molecule has 6 heteroatoms. The standard InChI is InChI=1S/C14H10FN3O2/c15-10-3-1-2-9(6-10)7-14-12-8-11(18(19)20)4-5-13(12)16-17-14/h1-6,8H,7H2,(H,16,17). The molecule has 0 fully saturated rings. The van der Waals surface area contributed by atoms with Crippen molar-refractivity contribution in [2.45, 2.75) is 6.42 Å². The molecule has 0 aliphatic rings. The van der Waals surface area contributed by atoms with Gasteiger partial charge in [0.05, 0.1) is 16.1 Å². The molecule has 0 amide bonds. The molecule has 0 spiro atoms. The lowest BCUT2D eigenvalue weighted by Gasteiger charge is -1.99. The summed E-state index contributed by atoms with van der Waals surface area (Å²) >= 11 is 0. The molecule has 2 aromatic carbocycles. The SMILES string of the molecule is O=[N+]([O-])c1ccc2[nH]nc(Cc3cccc(F)c3)c2c1. The van der Waals surface area contributed by atoms with Gasteiger partial charge in [0.2, 0.25) is 0 Å². The first-order valence-electron chi connectivity index (χ1n) is 5.99. The van der Waals surface area contributed by atoms with E-state index >= 15 is 0 Å². The van der Waals surface area contributed by atoms with Crippen molar-refractivity contribution >= 4 is 16.6 Å². The Bertz CT molecular complexity index is 798. The highest BCUT2D eigenvalue weighted by atomic mass is 19.1. The molecule has 5 nitrogen and oxygen atoms in total. The van der Waals surface area contributed by atoms with Crippen LogP contribution in [0.25, 0.3) is 10.9 Å². The van der Waals surface area contributed by atoms with Crippen LogP contribution in [-0.4, -0.2) is 15.1 Å². The third-order valence-corrected chi connectivity index (χ3v) is 3.10. The molecule has 3 aromatic rings. The molecule has 0 atom stereocenters. The van der Waals surface area contributed by atoms with Gasteiger partial charge in [0.1, 0.15) is 5.82 Å². The van der Waals surface area contributed by atoms with Crippen molar-refractivity contribution < 1.29 is 9.31 Å². The normalized spacial score (nSPS) is 10.8. The molecular weight excluding hydrogens is 261 g/mol. The van der Waals surface area contributed by atoms with E-state index in [1.165, 1.54) is 24.3 Å². The van der Waals surface area contributed by atoms with E-state index in [0.717, 1.165) is 11.1 Å². The van der Waals surface area contributed by atoms with Crippen molar-refractivity contribution in [1.82, 2.24) is 10.2 Å². The Hall–Kier alpha value is -2.76. The average molecular weight is 271 g/mol. The Morgan fingerprint density at radius 3 is 2.85 bits per heavy atom. The molecule has 0 saturated heterocycles. The summed E-state index contributed by atoms with van der Waals surface area (Å²) in [5.41, 5.74) is 2.17. The molecular formula is C14H10FN3O2. The number of hydrogen-bond acceptors (Lipinski definition) is 3. The first-order valence-corrected chi connectivity index (χ1v) is 5.99. The lowest BCUT2D eigenvalue weighted by Crippen LogP contribution is -1.91. The van der Waals surface area contributed by atoms with Crippen molar-refractivity contribution in [3.63, 3.8) is 0 Å². The lowest BCUT2D eigenvalue weighted by molar-refractivity contribution is -0.384. The summed E-state index contributed by atoms with van der Waals surface area (Å²) in [6, 6.07) is 10.7. The minimum atomic E-state index is -0.446. The van der Waals surface area contributed by atoms with Crippen LogP contribution in [0.5, 0.6) is 0 Å². The number of aromatic nitrogens is 2. The Balaban J connectivity index is 2.03. The predicted octanol–water partition coefficient (Wildman–Crippen LogP) is 3.20. The fourth-order valence-corrected chi connectivity index (χ4v) is 2.15. The molecule has 0 aliphatic heterocycles. The van der Waals surface area contributed by atoms with Crippen molar-refractivity contribution in [1.29, 1.82) is 0 Å². The van der Waals surface area contributed by atoms with Crippen molar-refractivity contribution in [3.8, 4) is 0 Å². The van der Waals surface area contributed by atoms with E-state index in [1.807, 2.05) is 0 Å². The number of rotatable bonds is 3. The zero-order valence-electron chi connectivity index (χ0n) is 10.3. The summed E-state index contributed by atoms with van der Waals surface area (Å²) < 4.78 is 13.2. The van der Waals surface area contributed by atoms with Gasteiger partial charge in [-0.3, -0.25) is 15.2 Å². The van der Waals surface area contributed by atoms with Crippen LogP contribution in [0.1, 0.15) is 11.3 Å². The minimum Gasteiger partial charge on any atom is -0.278 e. The zero-order valence-corrected chi connectivity index (χ0v) is 10.3. The Labute approximate surface area is 113 Å². The summed E-state index contributed by atoms with van der Waals surface area (Å²) in [6.07, 6.45) is 0.416. The second kappa shape index (κ2) is 4.73. The van der Waals surface area contributed by atoms with Crippen LogP contribution in [0.4, 0.5) is 10.1 Å². The van der Waals surface area contributed by atoms with Gasteiger partial charge in [-0.1, -0.05) is 12.1 Å². The molecule has 3 rings (SSSR count). The fourth-order valence-electron chi connectivity index (χ4n) is 2.15. The minimum absolute atomic E-state index is 0.0133. The van der Waals surface area contributed by atoms with E-state index in [0.29, 0.717) is 17.5 Å². The Morgan fingerprint density at radius 1 is 1.25 bits per heavy atom. The number of halogens is 1. The van der Waals surface area contributed by atoms with Crippen molar-refractivity contribution in [2.24, 2.45) is 0 Å². The van der Waals surface area contributed by atoms with E-state index in [9.17, 15) is 14.5 Å². The highest BCUT2D eigenvalue weighted by Crippen LogP contribution is 2.23. The van der Waals surface area contributed by atoms with Gasteiger partial charge in [-0.25, -0.2) is 4.39 Å². The molecule has 0 radical (unpaired) electrons. The summed E-state index contributed by atoms with van der Waals surface area (Å²) in [7, 11) is 0. The maximum absolute atomic E-state index is 13.2. The second-order valence-corrected chi connectivity index (χ2v) is 4.46. The summed E-state index contributed by atoms with van der Waals surface area (Å²) in [5, 5.41) is 18.5. The largest absolute Gasteiger partial charge is 0.278 e. The first kappa shape index (κ1) is 12.3. The quantitative estimate of drug-likeness (QED) is 0.587. The van der Waals surface area contributed by atoms with E-state index in [2.05, 4.69) is 10.2 Å². The van der Waals surface area contributed by atoms with Crippen LogP contribution < -0.4 is 0 Å². The predicted molar refractivity (Wildman–Crippen MR) is 72.0 cm³/mol. The molecule has 0 aliphatic carbocycles. The van der Waals surface area contributed by atoms with Crippen molar-refractivity contribution in [2.75, 3.05) is 0 Å². The van der Waals surface area contributed by atoms with Crippen molar-refractivity contribution in [3.05, 3.63) is 69.7 Å². The van der Waals surface area contributed by atoms with Crippen LogP contribution in [0.2, 0.25) is 0 Å². The maximum Gasteiger partial charge on any atom is 0.270 e. The molecule has 0 bridgehead atoms. The van der Waals surface area contributed by atoms with Gasteiger partial charge >= 0.3 is 0 Å². The number of nitro benzene ring substituents is 1.